The maximum Gasteiger partial charge on any atom is 0.335 e. The van der Waals surface area contributed by atoms with Crippen LogP contribution in [-0.2, 0) is 9.59 Å². The minimum atomic E-state index is -0.849. The predicted molar refractivity (Wildman–Crippen MR) is 93.6 cm³/mol. The number of hydrogen-bond acceptors (Lipinski definition) is 4. The first-order valence-corrected chi connectivity index (χ1v) is 7.78. The number of carbonyl (C=O) groups is 3. The fourth-order valence-electron chi connectivity index (χ4n) is 2.26. The molecule has 0 radical (unpaired) electrons. The van der Waals surface area contributed by atoms with E-state index in [2.05, 4.69) is 5.32 Å². The van der Waals surface area contributed by atoms with E-state index in [1.54, 1.807) is 0 Å². The van der Waals surface area contributed by atoms with Crippen molar-refractivity contribution in [2.24, 2.45) is 0 Å². The highest BCUT2D eigenvalue weighted by Gasteiger charge is 2.36. The van der Waals surface area contributed by atoms with Gasteiger partial charge in [-0.05, 0) is 48.0 Å². The number of benzene rings is 2. The van der Waals surface area contributed by atoms with Crippen LogP contribution in [0.1, 0.15) is 5.56 Å². The summed E-state index contributed by atoms with van der Waals surface area (Å²) in [5.74, 6) is -1.72. The summed E-state index contributed by atoms with van der Waals surface area (Å²) >= 11 is 11.6. The summed E-state index contributed by atoms with van der Waals surface area (Å²) in [6.07, 6.45) is 1.29. The number of anilines is 1. The normalized spacial score (nSPS) is 16.3. The molecule has 3 rings (SSSR count). The largest absolute Gasteiger partial charge is 0.506 e. The van der Waals surface area contributed by atoms with Crippen LogP contribution in [0.15, 0.2) is 48.0 Å². The highest BCUT2D eigenvalue weighted by atomic mass is 35.5. The van der Waals surface area contributed by atoms with Crippen LogP contribution in [0.2, 0.25) is 10.0 Å². The van der Waals surface area contributed by atoms with Gasteiger partial charge in [-0.3, -0.25) is 14.9 Å². The number of amides is 4. The van der Waals surface area contributed by atoms with Crippen molar-refractivity contribution in [3.63, 3.8) is 0 Å². The lowest BCUT2D eigenvalue weighted by Crippen LogP contribution is -2.54. The van der Waals surface area contributed by atoms with E-state index >= 15 is 0 Å². The van der Waals surface area contributed by atoms with Crippen molar-refractivity contribution in [2.75, 3.05) is 4.90 Å². The van der Waals surface area contributed by atoms with E-state index in [9.17, 15) is 19.5 Å². The maximum absolute atomic E-state index is 12.6. The van der Waals surface area contributed by atoms with E-state index < -0.39 is 17.8 Å². The average Bonchev–Trinajstić information content (AvgIpc) is 2.56. The van der Waals surface area contributed by atoms with Crippen molar-refractivity contribution in [3.05, 3.63) is 63.6 Å². The summed E-state index contributed by atoms with van der Waals surface area (Å²) in [6, 6.07) is 9.40. The number of phenols is 1. The van der Waals surface area contributed by atoms with Gasteiger partial charge in [0.05, 0.1) is 10.7 Å². The number of hydrogen-bond donors (Lipinski definition) is 2. The Bertz CT molecular complexity index is 923. The zero-order chi connectivity index (χ0) is 18.1. The molecule has 0 aromatic heterocycles. The monoisotopic (exact) mass is 376 g/mol. The number of halogens is 2. The Labute approximate surface area is 152 Å². The van der Waals surface area contributed by atoms with Gasteiger partial charge < -0.3 is 5.11 Å². The number of aromatic hydroxyl groups is 1. The number of nitrogens with zero attached hydrogens (tertiary/aromatic N) is 1. The number of carbonyl (C=O) groups excluding carboxylic acids is 3. The van der Waals surface area contributed by atoms with Gasteiger partial charge in [-0.25, -0.2) is 9.69 Å². The van der Waals surface area contributed by atoms with Crippen molar-refractivity contribution in [1.29, 1.82) is 0 Å². The molecule has 4 amide bonds. The molecule has 126 valence electrons. The summed E-state index contributed by atoms with van der Waals surface area (Å²) in [6.45, 7) is 0. The van der Waals surface area contributed by atoms with Gasteiger partial charge in [-0.2, -0.15) is 0 Å². The first-order valence-electron chi connectivity index (χ1n) is 7.02. The van der Waals surface area contributed by atoms with Crippen LogP contribution < -0.4 is 10.2 Å². The molecule has 1 aliphatic heterocycles. The van der Waals surface area contributed by atoms with E-state index in [1.165, 1.54) is 48.5 Å². The Hall–Kier alpha value is -2.83. The molecule has 1 heterocycles. The van der Waals surface area contributed by atoms with Gasteiger partial charge in [-0.1, -0.05) is 29.3 Å². The SMILES string of the molecule is O=C1NC(=O)N(c2ccc(Cl)cc2)C(=O)/C1=C/c1ccc(O)c(Cl)c1. The van der Waals surface area contributed by atoms with Gasteiger partial charge in [0.1, 0.15) is 11.3 Å². The molecule has 1 aliphatic rings. The van der Waals surface area contributed by atoms with Gasteiger partial charge in [0.2, 0.25) is 0 Å². The Kier molecular flexibility index (Phi) is 4.48. The summed E-state index contributed by atoms with van der Waals surface area (Å²) in [4.78, 5) is 37.6. The van der Waals surface area contributed by atoms with E-state index in [0.29, 0.717) is 10.6 Å². The molecule has 2 aromatic rings. The third-order valence-corrected chi connectivity index (χ3v) is 4.02. The van der Waals surface area contributed by atoms with E-state index in [1.807, 2.05) is 0 Å². The van der Waals surface area contributed by atoms with Crippen LogP contribution in [-0.4, -0.2) is 23.0 Å². The Morgan fingerprint density at radius 3 is 2.32 bits per heavy atom. The molecule has 0 spiro atoms. The highest BCUT2D eigenvalue weighted by molar-refractivity contribution is 6.39. The lowest BCUT2D eigenvalue weighted by atomic mass is 10.1. The first kappa shape index (κ1) is 17.0. The second kappa shape index (κ2) is 6.58. The fraction of sp³-hybridized carbons (Fsp3) is 0. The summed E-state index contributed by atoms with van der Waals surface area (Å²) < 4.78 is 0. The van der Waals surface area contributed by atoms with Crippen LogP contribution in [0.25, 0.3) is 6.08 Å². The van der Waals surface area contributed by atoms with E-state index in [4.69, 9.17) is 23.2 Å². The first-order chi connectivity index (χ1) is 11.9. The molecule has 1 saturated heterocycles. The van der Waals surface area contributed by atoms with Gasteiger partial charge in [-0.15, -0.1) is 0 Å². The Morgan fingerprint density at radius 1 is 1.00 bits per heavy atom. The maximum atomic E-state index is 12.6. The van der Waals surface area contributed by atoms with Crippen molar-refractivity contribution in [3.8, 4) is 5.75 Å². The van der Waals surface area contributed by atoms with Gasteiger partial charge in [0.15, 0.2) is 0 Å². The molecule has 2 N–H and O–H groups in total. The zero-order valence-corrected chi connectivity index (χ0v) is 14.0. The van der Waals surface area contributed by atoms with Gasteiger partial charge >= 0.3 is 6.03 Å². The second-order valence-corrected chi connectivity index (χ2v) is 5.99. The van der Waals surface area contributed by atoms with Crippen LogP contribution in [0.4, 0.5) is 10.5 Å². The quantitative estimate of drug-likeness (QED) is 0.621. The lowest BCUT2D eigenvalue weighted by Gasteiger charge is -2.26. The number of imide groups is 2. The summed E-state index contributed by atoms with van der Waals surface area (Å²) in [5.41, 5.74) is 0.456. The smallest absolute Gasteiger partial charge is 0.335 e. The summed E-state index contributed by atoms with van der Waals surface area (Å²) in [5, 5.41) is 12.1. The van der Waals surface area contributed by atoms with Gasteiger partial charge in [0.25, 0.3) is 11.8 Å². The van der Waals surface area contributed by atoms with Crippen molar-refractivity contribution in [2.45, 2.75) is 0 Å². The van der Waals surface area contributed by atoms with Crippen LogP contribution in [0, 0.1) is 0 Å². The molecule has 2 aromatic carbocycles. The van der Waals surface area contributed by atoms with Crippen LogP contribution in [0.5, 0.6) is 5.75 Å². The second-order valence-electron chi connectivity index (χ2n) is 5.15. The van der Waals surface area contributed by atoms with E-state index in [0.717, 1.165) is 4.90 Å². The van der Waals surface area contributed by atoms with Crippen molar-refractivity contribution < 1.29 is 19.5 Å². The molecule has 6 nitrogen and oxygen atoms in total. The van der Waals surface area contributed by atoms with E-state index in [-0.39, 0.29) is 22.0 Å². The molecule has 0 bridgehead atoms. The number of barbiturate groups is 1. The lowest BCUT2D eigenvalue weighted by molar-refractivity contribution is -0.122. The summed E-state index contributed by atoms with van der Waals surface area (Å²) in [7, 11) is 0. The third kappa shape index (κ3) is 3.35. The Morgan fingerprint density at radius 2 is 1.68 bits per heavy atom. The van der Waals surface area contributed by atoms with Crippen LogP contribution >= 0.6 is 23.2 Å². The molecule has 0 unspecified atom stereocenters. The number of rotatable bonds is 2. The van der Waals surface area contributed by atoms with Crippen molar-refractivity contribution >= 4 is 52.8 Å². The zero-order valence-electron chi connectivity index (χ0n) is 12.5. The molecule has 1 fully saturated rings. The topological polar surface area (TPSA) is 86.7 Å². The molecular formula is C17H10Cl2N2O4. The molecule has 0 aliphatic carbocycles. The minimum Gasteiger partial charge on any atom is -0.506 e. The molecule has 8 heteroatoms. The average molecular weight is 377 g/mol. The molecule has 0 atom stereocenters. The number of nitrogens with one attached hydrogen (secondary N) is 1. The predicted octanol–water partition coefficient (Wildman–Crippen LogP) is 3.37. The fourth-order valence-corrected chi connectivity index (χ4v) is 2.58. The number of phenolic OH excluding ortho intramolecular Hbond substituents is 1. The molecule has 0 saturated carbocycles. The highest BCUT2D eigenvalue weighted by Crippen LogP contribution is 2.27. The van der Waals surface area contributed by atoms with Gasteiger partial charge in [0, 0.05) is 5.02 Å². The molecular weight excluding hydrogens is 367 g/mol. The Balaban J connectivity index is 2.01. The number of urea groups is 1. The van der Waals surface area contributed by atoms with Crippen LogP contribution in [0.3, 0.4) is 0 Å². The van der Waals surface area contributed by atoms with Crippen molar-refractivity contribution in [1.82, 2.24) is 5.32 Å². The minimum absolute atomic E-state index is 0.0728. The standard InChI is InChI=1S/C17H10Cl2N2O4/c18-10-2-4-11(5-3-10)21-16(24)12(15(23)20-17(21)25)7-9-1-6-14(22)13(19)8-9/h1-8,22H,(H,20,23,25)/b12-7+. The molecule has 25 heavy (non-hydrogen) atoms. The third-order valence-electron chi connectivity index (χ3n) is 3.47.